The summed E-state index contributed by atoms with van der Waals surface area (Å²) in [7, 11) is 1.67. The van der Waals surface area contributed by atoms with E-state index in [9.17, 15) is 14.7 Å². The van der Waals surface area contributed by atoms with Crippen LogP contribution in [0.2, 0.25) is 0 Å². The predicted molar refractivity (Wildman–Crippen MR) is 156 cm³/mol. The van der Waals surface area contributed by atoms with E-state index in [4.69, 9.17) is 9.47 Å². The summed E-state index contributed by atoms with van der Waals surface area (Å²) in [6.07, 6.45) is 0.141. The first-order valence-corrected chi connectivity index (χ1v) is 14.4. The van der Waals surface area contributed by atoms with Crippen LogP contribution in [0.3, 0.4) is 0 Å². The smallest absolute Gasteiger partial charge is 0.326 e. The van der Waals surface area contributed by atoms with Gasteiger partial charge in [-0.25, -0.2) is 4.79 Å². The van der Waals surface area contributed by atoms with Crippen molar-refractivity contribution in [2.45, 2.75) is 91.1 Å². The number of carboxylic acids is 1. The largest absolute Gasteiger partial charge is 0.496 e. The summed E-state index contributed by atoms with van der Waals surface area (Å²) in [6, 6.07) is 14.2. The van der Waals surface area contributed by atoms with Gasteiger partial charge in [-0.05, 0) is 40.4 Å². The van der Waals surface area contributed by atoms with Crippen molar-refractivity contribution in [2.24, 2.45) is 17.3 Å². The molecule has 0 saturated carbocycles. The fourth-order valence-electron chi connectivity index (χ4n) is 6.50. The van der Waals surface area contributed by atoms with Gasteiger partial charge in [-0.15, -0.1) is 0 Å². The molecule has 4 rings (SSSR count). The van der Waals surface area contributed by atoms with Crippen LogP contribution in [-0.2, 0) is 26.3 Å². The van der Waals surface area contributed by atoms with E-state index in [0.717, 1.165) is 23.3 Å². The Balaban J connectivity index is 1.82. The number of methoxy groups -OCH3 is 1. The number of benzene rings is 2. The number of amides is 1. The predicted octanol–water partition coefficient (Wildman–Crippen LogP) is 5.57. The molecule has 2 aliphatic rings. The van der Waals surface area contributed by atoms with Gasteiger partial charge in [0.25, 0.3) is 5.91 Å². The zero-order valence-electron chi connectivity index (χ0n) is 25.2. The first-order chi connectivity index (χ1) is 18.8. The molecule has 0 aliphatic carbocycles. The summed E-state index contributed by atoms with van der Waals surface area (Å²) in [5.74, 6) is -0.790. The van der Waals surface area contributed by atoms with Crippen molar-refractivity contribution < 1.29 is 24.2 Å². The van der Waals surface area contributed by atoms with Crippen LogP contribution in [0.25, 0.3) is 0 Å². The summed E-state index contributed by atoms with van der Waals surface area (Å²) in [4.78, 5) is 28.9. The van der Waals surface area contributed by atoms with Gasteiger partial charge in [0.05, 0.1) is 13.2 Å². The van der Waals surface area contributed by atoms with Crippen LogP contribution in [0.4, 0.5) is 0 Å². The number of ether oxygens (including phenoxy) is 2. The minimum absolute atomic E-state index is 0.0304. The Morgan fingerprint density at radius 2 is 1.75 bits per heavy atom. The van der Waals surface area contributed by atoms with Crippen molar-refractivity contribution in [1.82, 2.24) is 10.2 Å². The van der Waals surface area contributed by atoms with Crippen LogP contribution in [0, 0.1) is 17.3 Å². The summed E-state index contributed by atoms with van der Waals surface area (Å²) in [5.41, 5.74) is 2.65. The fraction of sp³-hybridized carbons (Fsp3) is 0.576. The molecule has 2 saturated heterocycles. The maximum atomic E-state index is 14.2. The molecule has 0 unspecified atom stereocenters. The molecule has 0 spiro atoms. The van der Waals surface area contributed by atoms with Crippen molar-refractivity contribution in [3.63, 3.8) is 0 Å². The van der Waals surface area contributed by atoms with Gasteiger partial charge in [0.2, 0.25) is 0 Å². The van der Waals surface area contributed by atoms with Gasteiger partial charge in [-0.2, -0.15) is 0 Å². The average molecular weight is 551 g/mol. The molecule has 40 heavy (non-hydrogen) atoms. The maximum Gasteiger partial charge on any atom is 0.326 e. The molecule has 2 aromatic carbocycles. The van der Waals surface area contributed by atoms with Gasteiger partial charge in [-0.1, -0.05) is 90.9 Å². The molecular formula is C33H46N2O5. The second-order valence-electron chi connectivity index (χ2n) is 13.5. The second kappa shape index (κ2) is 11.5. The van der Waals surface area contributed by atoms with E-state index in [1.165, 1.54) is 5.56 Å². The highest BCUT2D eigenvalue weighted by Crippen LogP contribution is 2.49. The lowest BCUT2D eigenvalue weighted by Gasteiger charge is -2.35. The summed E-state index contributed by atoms with van der Waals surface area (Å²) < 4.78 is 11.6. The number of carbonyl (C=O) groups excluding carboxylic acids is 1. The number of hydrogen-bond acceptors (Lipinski definition) is 5. The normalized spacial score (nSPS) is 27.1. The number of nitrogens with one attached hydrogen (secondary N) is 1. The topological polar surface area (TPSA) is 88.1 Å². The van der Waals surface area contributed by atoms with Crippen molar-refractivity contribution in [1.29, 1.82) is 0 Å². The van der Waals surface area contributed by atoms with E-state index >= 15 is 0 Å². The van der Waals surface area contributed by atoms with E-state index in [-0.39, 0.29) is 29.2 Å². The van der Waals surface area contributed by atoms with Crippen LogP contribution in [0.5, 0.6) is 5.75 Å². The Morgan fingerprint density at radius 1 is 1.07 bits per heavy atom. The number of hydrogen-bond donors (Lipinski definition) is 2. The Morgan fingerprint density at radius 3 is 2.27 bits per heavy atom. The Kier molecular flexibility index (Phi) is 8.67. The van der Waals surface area contributed by atoms with Crippen molar-refractivity contribution in [2.75, 3.05) is 13.7 Å². The van der Waals surface area contributed by atoms with Crippen molar-refractivity contribution in [3.8, 4) is 5.75 Å². The molecule has 0 radical (unpaired) electrons. The molecule has 6 atom stereocenters. The molecule has 218 valence electrons. The third-order valence-corrected chi connectivity index (χ3v) is 8.62. The lowest BCUT2D eigenvalue weighted by Crippen LogP contribution is -2.51. The quantitative estimate of drug-likeness (QED) is 0.468. The fourth-order valence-corrected chi connectivity index (χ4v) is 6.50. The van der Waals surface area contributed by atoms with E-state index in [1.54, 1.807) is 12.0 Å². The second-order valence-corrected chi connectivity index (χ2v) is 13.5. The molecular weight excluding hydrogens is 504 g/mol. The highest BCUT2D eigenvalue weighted by Gasteiger charge is 2.59. The number of rotatable bonds is 7. The van der Waals surface area contributed by atoms with Crippen LogP contribution in [0.1, 0.15) is 77.6 Å². The SMILES string of the molecule is COc1ccc(C(C)(C)C)cc1CN[C@H]1[C@H](C(C)(C)C)[C@@H](C(=O)O)N(C(=O)[C@@H]2OCC[C@@H]2C)[C@H]1c1ccccc1. The highest BCUT2D eigenvalue weighted by molar-refractivity contribution is 5.88. The maximum absolute atomic E-state index is 14.2. The molecule has 2 aliphatic heterocycles. The van der Waals surface area contributed by atoms with E-state index in [1.807, 2.05) is 43.3 Å². The van der Waals surface area contributed by atoms with Gasteiger partial charge in [0.1, 0.15) is 17.9 Å². The third-order valence-electron chi connectivity index (χ3n) is 8.62. The Labute approximate surface area is 239 Å². The summed E-state index contributed by atoms with van der Waals surface area (Å²) in [5, 5.41) is 14.4. The molecule has 1 amide bonds. The zero-order chi connectivity index (χ0) is 29.4. The van der Waals surface area contributed by atoms with E-state index < -0.39 is 29.6 Å². The van der Waals surface area contributed by atoms with Gasteiger partial charge >= 0.3 is 5.97 Å². The van der Waals surface area contributed by atoms with Crippen LogP contribution in [0.15, 0.2) is 48.5 Å². The molecule has 2 heterocycles. The number of carbonyl (C=O) groups is 2. The number of likely N-dealkylation sites (tertiary alicyclic amines) is 1. The first kappa shape index (κ1) is 30.1. The van der Waals surface area contributed by atoms with Crippen LogP contribution >= 0.6 is 0 Å². The standard InChI is InChI=1S/C33H46N2O5/c1-20-16-17-40-29(20)30(36)35-27(21-12-10-9-11-13-21)26(25(33(5,6)7)28(35)31(37)38)34-19-22-18-23(32(2,3)4)14-15-24(22)39-8/h9-15,18,20,25-29,34H,16-17,19H2,1-8H3,(H,37,38)/t20-,25-,26-,27-,28-,29+/m0/s1. The van der Waals surface area contributed by atoms with Crippen molar-refractivity contribution in [3.05, 3.63) is 65.2 Å². The van der Waals surface area contributed by atoms with Gasteiger partial charge in [0.15, 0.2) is 0 Å². The molecule has 7 nitrogen and oxygen atoms in total. The lowest BCUT2D eigenvalue weighted by atomic mass is 9.72. The van der Waals surface area contributed by atoms with E-state index in [2.05, 4.69) is 59.0 Å². The Hall–Kier alpha value is -2.90. The summed E-state index contributed by atoms with van der Waals surface area (Å²) in [6.45, 7) is 15.7. The molecule has 2 N–H and O–H groups in total. The highest BCUT2D eigenvalue weighted by atomic mass is 16.5. The molecule has 7 heteroatoms. The molecule has 2 aromatic rings. The number of carboxylic acid groups (broad SMARTS) is 1. The van der Waals surface area contributed by atoms with Crippen LogP contribution in [-0.4, -0.2) is 53.8 Å². The average Bonchev–Trinajstić information content (AvgIpc) is 3.48. The van der Waals surface area contributed by atoms with Crippen molar-refractivity contribution >= 4 is 11.9 Å². The molecule has 2 fully saturated rings. The van der Waals surface area contributed by atoms with Gasteiger partial charge < -0.3 is 24.8 Å². The van der Waals surface area contributed by atoms with Gasteiger partial charge in [0, 0.05) is 30.7 Å². The minimum atomic E-state index is -1.01. The molecule has 0 bridgehead atoms. The Bertz CT molecular complexity index is 1200. The van der Waals surface area contributed by atoms with E-state index in [0.29, 0.717) is 13.2 Å². The lowest BCUT2D eigenvalue weighted by molar-refractivity contribution is -0.157. The number of nitrogens with zero attached hydrogens (tertiary/aromatic N) is 1. The van der Waals surface area contributed by atoms with Gasteiger partial charge in [-0.3, -0.25) is 4.79 Å². The first-order valence-electron chi connectivity index (χ1n) is 14.4. The number of aliphatic carboxylic acids is 1. The molecule has 0 aromatic heterocycles. The monoisotopic (exact) mass is 550 g/mol. The van der Waals surface area contributed by atoms with Crippen LogP contribution < -0.4 is 10.1 Å². The third kappa shape index (κ3) is 5.91. The zero-order valence-corrected chi connectivity index (χ0v) is 25.2. The minimum Gasteiger partial charge on any atom is -0.496 e. The summed E-state index contributed by atoms with van der Waals surface area (Å²) >= 11 is 0.